The van der Waals surface area contributed by atoms with Crippen molar-refractivity contribution in [1.29, 1.82) is 0 Å². The molecule has 1 saturated heterocycles. The molecule has 2 rings (SSSR count). The van der Waals surface area contributed by atoms with Gasteiger partial charge in [-0.05, 0) is 57.5 Å². The van der Waals surface area contributed by atoms with Crippen molar-refractivity contribution in [2.24, 2.45) is 0 Å². The summed E-state index contributed by atoms with van der Waals surface area (Å²) in [4.78, 5) is 0.265. The summed E-state index contributed by atoms with van der Waals surface area (Å²) in [6.07, 6.45) is 1.61. The molecule has 2 unspecified atom stereocenters. The van der Waals surface area contributed by atoms with Crippen LogP contribution in [-0.4, -0.2) is 46.9 Å². The molecule has 1 aliphatic rings. The van der Waals surface area contributed by atoms with Crippen LogP contribution in [0, 0.1) is 0 Å². The van der Waals surface area contributed by atoms with E-state index < -0.39 is 10.0 Å². The van der Waals surface area contributed by atoms with Crippen molar-refractivity contribution in [3.05, 3.63) is 24.3 Å². The van der Waals surface area contributed by atoms with Crippen LogP contribution in [0.3, 0.4) is 0 Å². The molecule has 0 aromatic heterocycles. The van der Waals surface area contributed by atoms with Gasteiger partial charge in [0.25, 0.3) is 0 Å². The SMILES string of the molecule is CCOCCOc1ccc(S(=O)(=O)NC2CCNC(C)C2)cc1. The minimum absolute atomic E-state index is 0.0154. The second-order valence-electron chi connectivity index (χ2n) is 5.71. The van der Waals surface area contributed by atoms with Crippen molar-refractivity contribution in [2.45, 2.75) is 43.7 Å². The van der Waals surface area contributed by atoms with E-state index >= 15 is 0 Å². The second kappa shape index (κ2) is 8.63. The van der Waals surface area contributed by atoms with Crippen molar-refractivity contribution in [2.75, 3.05) is 26.4 Å². The van der Waals surface area contributed by atoms with Gasteiger partial charge in [0.15, 0.2) is 0 Å². The number of piperidine rings is 1. The van der Waals surface area contributed by atoms with Crippen LogP contribution in [0.5, 0.6) is 5.75 Å². The smallest absolute Gasteiger partial charge is 0.240 e. The van der Waals surface area contributed by atoms with Gasteiger partial charge in [-0.3, -0.25) is 0 Å². The summed E-state index contributed by atoms with van der Waals surface area (Å²) in [6.45, 7) is 6.45. The van der Waals surface area contributed by atoms with Crippen molar-refractivity contribution >= 4 is 10.0 Å². The molecule has 0 radical (unpaired) electrons. The normalized spacial score (nSPS) is 22.0. The monoisotopic (exact) mass is 342 g/mol. The van der Waals surface area contributed by atoms with Gasteiger partial charge in [0.05, 0.1) is 11.5 Å². The standard InChI is InChI=1S/C16H26N2O4S/c1-3-21-10-11-22-15-4-6-16(7-5-15)23(19,20)18-14-8-9-17-13(2)12-14/h4-7,13-14,17-18H,3,8-12H2,1-2H3. The molecule has 1 aliphatic heterocycles. The van der Waals surface area contributed by atoms with Crippen LogP contribution >= 0.6 is 0 Å². The van der Waals surface area contributed by atoms with E-state index in [1.54, 1.807) is 24.3 Å². The molecule has 7 heteroatoms. The first kappa shape index (κ1) is 18.2. The van der Waals surface area contributed by atoms with E-state index in [9.17, 15) is 8.42 Å². The van der Waals surface area contributed by atoms with Crippen LogP contribution in [0.25, 0.3) is 0 Å². The van der Waals surface area contributed by atoms with E-state index in [2.05, 4.69) is 17.0 Å². The Morgan fingerprint density at radius 3 is 2.65 bits per heavy atom. The fourth-order valence-corrected chi connectivity index (χ4v) is 3.89. The molecule has 1 fully saturated rings. The highest BCUT2D eigenvalue weighted by Gasteiger charge is 2.24. The van der Waals surface area contributed by atoms with Gasteiger partial charge in [-0.25, -0.2) is 13.1 Å². The summed E-state index contributed by atoms with van der Waals surface area (Å²) in [5.41, 5.74) is 0. The third-order valence-electron chi connectivity index (χ3n) is 3.78. The number of hydrogen-bond acceptors (Lipinski definition) is 5. The first-order valence-corrected chi connectivity index (χ1v) is 9.56. The van der Waals surface area contributed by atoms with E-state index in [-0.39, 0.29) is 10.9 Å². The molecule has 0 saturated carbocycles. The summed E-state index contributed by atoms with van der Waals surface area (Å²) in [6, 6.07) is 6.80. The zero-order valence-corrected chi connectivity index (χ0v) is 14.6. The summed E-state index contributed by atoms with van der Waals surface area (Å²) in [5, 5.41) is 3.31. The van der Waals surface area contributed by atoms with Gasteiger partial charge >= 0.3 is 0 Å². The van der Waals surface area contributed by atoms with E-state index in [4.69, 9.17) is 9.47 Å². The predicted molar refractivity (Wildman–Crippen MR) is 89.2 cm³/mol. The number of hydrogen-bond donors (Lipinski definition) is 2. The molecule has 2 atom stereocenters. The van der Waals surface area contributed by atoms with Crippen molar-refractivity contribution in [3.8, 4) is 5.75 Å². The Kier molecular flexibility index (Phi) is 6.83. The third kappa shape index (κ3) is 5.76. The van der Waals surface area contributed by atoms with E-state index in [1.165, 1.54) is 0 Å². The van der Waals surface area contributed by atoms with Gasteiger partial charge in [-0.2, -0.15) is 0 Å². The molecule has 1 aromatic rings. The molecule has 0 aliphatic carbocycles. The molecule has 130 valence electrons. The zero-order valence-electron chi connectivity index (χ0n) is 13.7. The number of benzene rings is 1. The van der Waals surface area contributed by atoms with E-state index in [0.717, 1.165) is 19.4 Å². The third-order valence-corrected chi connectivity index (χ3v) is 5.32. The van der Waals surface area contributed by atoms with Crippen LogP contribution in [0.15, 0.2) is 29.2 Å². The van der Waals surface area contributed by atoms with Crippen LogP contribution in [0.4, 0.5) is 0 Å². The lowest BCUT2D eigenvalue weighted by atomic mass is 10.0. The van der Waals surface area contributed by atoms with Crippen LogP contribution < -0.4 is 14.8 Å². The molecule has 0 spiro atoms. The molecule has 0 bridgehead atoms. The van der Waals surface area contributed by atoms with Gasteiger partial charge < -0.3 is 14.8 Å². The maximum atomic E-state index is 12.4. The molecule has 6 nitrogen and oxygen atoms in total. The van der Waals surface area contributed by atoms with Gasteiger partial charge in [0.2, 0.25) is 10.0 Å². The molecule has 23 heavy (non-hydrogen) atoms. The molecular formula is C16H26N2O4S. The number of ether oxygens (including phenoxy) is 2. The fourth-order valence-electron chi connectivity index (χ4n) is 2.60. The summed E-state index contributed by atoms with van der Waals surface area (Å²) >= 11 is 0. The Labute approximate surface area is 138 Å². The topological polar surface area (TPSA) is 76.7 Å². The Bertz CT molecular complexity index is 574. The molecule has 1 aromatic carbocycles. The number of sulfonamides is 1. The largest absolute Gasteiger partial charge is 0.491 e. The van der Waals surface area contributed by atoms with Crippen molar-refractivity contribution < 1.29 is 17.9 Å². The summed E-state index contributed by atoms with van der Waals surface area (Å²) < 4.78 is 38.3. The Hall–Kier alpha value is -1.15. The first-order chi connectivity index (χ1) is 11.0. The van der Waals surface area contributed by atoms with Gasteiger partial charge in [0.1, 0.15) is 12.4 Å². The van der Waals surface area contributed by atoms with Crippen LogP contribution in [0.2, 0.25) is 0 Å². The maximum Gasteiger partial charge on any atom is 0.240 e. The lowest BCUT2D eigenvalue weighted by molar-refractivity contribution is 0.110. The quantitative estimate of drug-likeness (QED) is 0.701. The summed E-state index contributed by atoms with van der Waals surface area (Å²) in [7, 11) is -3.49. The van der Waals surface area contributed by atoms with Crippen molar-refractivity contribution in [1.82, 2.24) is 10.0 Å². The Morgan fingerprint density at radius 1 is 1.26 bits per heavy atom. The van der Waals surface area contributed by atoms with Crippen LogP contribution in [0.1, 0.15) is 26.7 Å². The number of nitrogens with one attached hydrogen (secondary N) is 2. The molecular weight excluding hydrogens is 316 g/mol. The minimum Gasteiger partial charge on any atom is -0.491 e. The van der Waals surface area contributed by atoms with Gasteiger partial charge in [0, 0.05) is 18.7 Å². The average molecular weight is 342 g/mol. The second-order valence-corrected chi connectivity index (χ2v) is 7.43. The Morgan fingerprint density at radius 2 is 2.00 bits per heavy atom. The van der Waals surface area contributed by atoms with Gasteiger partial charge in [-0.1, -0.05) is 0 Å². The van der Waals surface area contributed by atoms with E-state index in [0.29, 0.717) is 31.6 Å². The van der Waals surface area contributed by atoms with Crippen molar-refractivity contribution in [3.63, 3.8) is 0 Å². The molecule has 1 heterocycles. The highest BCUT2D eigenvalue weighted by molar-refractivity contribution is 7.89. The van der Waals surface area contributed by atoms with Gasteiger partial charge in [-0.15, -0.1) is 0 Å². The average Bonchev–Trinajstić information content (AvgIpc) is 2.52. The first-order valence-electron chi connectivity index (χ1n) is 8.07. The highest BCUT2D eigenvalue weighted by Crippen LogP contribution is 2.18. The molecule has 0 amide bonds. The maximum absolute atomic E-state index is 12.4. The molecule has 2 N–H and O–H groups in total. The lowest BCUT2D eigenvalue weighted by Gasteiger charge is -2.28. The fraction of sp³-hybridized carbons (Fsp3) is 0.625. The zero-order chi connectivity index (χ0) is 16.7. The lowest BCUT2D eigenvalue weighted by Crippen LogP contribution is -2.46. The Balaban J connectivity index is 1.91. The van der Waals surface area contributed by atoms with E-state index in [1.807, 2.05) is 6.92 Å². The highest BCUT2D eigenvalue weighted by atomic mass is 32.2. The van der Waals surface area contributed by atoms with Crippen LogP contribution in [-0.2, 0) is 14.8 Å². The predicted octanol–water partition coefficient (Wildman–Crippen LogP) is 1.52. The minimum atomic E-state index is -3.49. The number of rotatable bonds is 8. The summed E-state index contributed by atoms with van der Waals surface area (Å²) in [5.74, 6) is 0.638.